The number of benzene rings is 1. The predicted molar refractivity (Wildman–Crippen MR) is 74.2 cm³/mol. The molecule has 1 aromatic carbocycles. The number of hydrogen-bond acceptors (Lipinski definition) is 3. The van der Waals surface area contributed by atoms with Gasteiger partial charge in [0.15, 0.2) is 0 Å². The third kappa shape index (κ3) is 2.73. The molecule has 1 N–H and O–H groups in total. The van der Waals surface area contributed by atoms with Crippen LogP contribution in [0.2, 0.25) is 0 Å². The summed E-state index contributed by atoms with van der Waals surface area (Å²) >= 11 is 0. The van der Waals surface area contributed by atoms with E-state index < -0.39 is 5.60 Å². The quantitative estimate of drug-likeness (QED) is 0.883. The summed E-state index contributed by atoms with van der Waals surface area (Å²) in [5, 5.41) is 9.90. The molecule has 0 unspecified atom stereocenters. The number of anilines is 1. The zero-order valence-electron chi connectivity index (χ0n) is 11.3. The lowest BCUT2D eigenvalue weighted by molar-refractivity contribution is -0.129. The molecular weight excluding hydrogens is 240 g/mol. The zero-order chi connectivity index (χ0) is 13.5. The minimum Gasteiger partial charge on any atom is -0.390 e. The Morgan fingerprint density at radius 3 is 2.47 bits per heavy atom. The Morgan fingerprint density at radius 2 is 1.89 bits per heavy atom. The Bertz CT molecular complexity index is 479. The number of carbonyl (C=O) groups excluding carboxylic acids is 1. The van der Waals surface area contributed by atoms with Crippen LogP contribution in [0.1, 0.15) is 18.4 Å². The van der Waals surface area contributed by atoms with Crippen LogP contribution in [0.5, 0.6) is 0 Å². The van der Waals surface area contributed by atoms with Gasteiger partial charge in [-0.2, -0.15) is 0 Å². The lowest BCUT2D eigenvalue weighted by atomic mass is 10.1. The Hall–Kier alpha value is -1.55. The second-order valence-electron chi connectivity index (χ2n) is 5.80. The fraction of sp³-hybridized carbons (Fsp3) is 0.533. The van der Waals surface area contributed by atoms with Gasteiger partial charge in [0, 0.05) is 32.2 Å². The molecule has 1 amide bonds. The van der Waals surface area contributed by atoms with Gasteiger partial charge >= 0.3 is 0 Å². The van der Waals surface area contributed by atoms with Gasteiger partial charge in [0.1, 0.15) is 0 Å². The van der Waals surface area contributed by atoms with Crippen molar-refractivity contribution < 1.29 is 9.90 Å². The third-order valence-electron chi connectivity index (χ3n) is 4.12. The van der Waals surface area contributed by atoms with Gasteiger partial charge in [0.25, 0.3) is 0 Å². The average molecular weight is 260 g/mol. The van der Waals surface area contributed by atoms with Crippen LogP contribution in [0.25, 0.3) is 0 Å². The highest BCUT2D eigenvalue weighted by atomic mass is 16.3. The molecule has 1 saturated heterocycles. The fourth-order valence-electron chi connectivity index (χ4n) is 2.50. The molecule has 2 aliphatic rings. The van der Waals surface area contributed by atoms with Crippen molar-refractivity contribution in [1.29, 1.82) is 0 Å². The van der Waals surface area contributed by atoms with Gasteiger partial charge in [-0.05, 0) is 30.5 Å². The molecule has 3 rings (SSSR count). The van der Waals surface area contributed by atoms with Crippen LogP contribution in [0.4, 0.5) is 5.69 Å². The van der Waals surface area contributed by atoms with Gasteiger partial charge in [-0.3, -0.25) is 4.79 Å². The number of likely N-dealkylation sites (N-methyl/N-ethyl adjacent to an activating group) is 1. The number of aliphatic hydroxyl groups is 1. The van der Waals surface area contributed by atoms with Gasteiger partial charge in [-0.25, -0.2) is 0 Å². The zero-order valence-corrected chi connectivity index (χ0v) is 11.3. The van der Waals surface area contributed by atoms with Crippen LogP contribution in [0.3, 0.4) is 0 Å². The SMILES string of the molecule is CN1CCN(c2ccc(CC3(O)CC3)cc2)CC1=O. The van der Waals surface area contributed by atoms with Gasteiger partial charge in [0.2, 0.25) is 5.91 Å². The average Bonchev–Trinajstić information content (AvgIpc) is 3.11. The summed E-state index contributed by atoms with van der Waals surface area (Å²) in [7, 11) is 1.85. The summed E-state index contributed by atoms with van der Waals surface area (Å²) in [5.41, 5.74) is 1.82. The molecule has 0 atom stereocenters. The molecular formula is C15H20N2O2. The first-order valence-corrected chi connectivity index (χ1v) is 6.86. The molecule has 0 spiro atoms. The molecule has 1 aliphatic carbocycles. The molecule has 4 nitrogen and oxygen atoms in total. The molecule has 0 radical (unpaired) electrons. The van der Waals surface area contributed by atoms with Crippen molar-refractivity contribution in [2.75, 3.05) is 31.6 Å². The Morgan fingerprint density at radius 1 is 1.21 bits per heavy atom. The van der Waals surface area contributed by atoms with Crippen LogP contribution in [-0.2, 0) is 11.2 Å². The lowest BCUT2D eigenvalue weighted by Crippen LogP contribution is -2.48. The van der Waals surface area contributed by atoms with Gasteiger partial charge in [-0.1, -0.05) is 12.1 Å². The number of rotatable bonds is 3. The third-order valence-corrected chi connectivity index (χ3v) is 4.12. The monoisotopic (exact) mass is 260 g/mol. The minimum absolute atomic E-state index is 0.169. The lowest BCUT2D eigenvalue weighted by Gasteiger charge is -2.33. The Labute approximate surface area is 113 Å². The second-order valence-corrected chi connectivity index (χ2v) is 5.80. The van der Waals surface area contributed by atoms with Crippen LogP contribution in [-0.4, -0.2) is 48.2 Å². The summed E-state index contributed by atoms with van der Waals surface area (Å²) in [6.45, 7) is 2.12. The molecule has 102 valence electrons. The van der Waals surface area contributed by atoms with Crippen LogP contribution < -0.4 is 4.90 Å². The highest BCUT2D eigenvalue weighted by Crippen LogP contribution is 2.38. The van der Waals surface area contributed by atoms with E-state index in [-0.39, 0.29) is 5.91 Å². The smallest absolute Gasteiger partial charge is 0.241 e. The van der Waals surface area contributed by atoms with Crippen molar-refractivity contribution in [1.82, 2.24) is 4.90 Å². The number of carbonyl (C=O) groups is 1. The van der Waals surface area contributed by atoms with E-state index in [9.17, 15) is 9.90 Å². The van der Waals surface area contributed by atoms with Gasteiger partial charge < -0.3 is 14.9 Å². The summed E-state index contributed by atoms with van der Waals surface area (Å²) in [5.74, 6) is 0.169. The molecule has 0 aromatic heterocycles. The highest BCUT2D eigenvalue weighted by Gasteiger charge is 2.40. The molecule has 4 heteroatoms. The first kappa shape index (κ1) is 12.5. The van der Waals surface area contributed by atoms with Crippen LogP contribution in [0, 0.1) is 0 Å². The van der Waals surface area contributed by atoms with Crippen molar-refractivity contribution >= 4 is 11.6 Å². The highest BCUT2D eigenvalue weighted by molar-refractivity contribution is 5.82. The van der Waals surface area contributed by atoms with E-state index in [0.29, 0.717) is 6.54 Å². The van der Waals surface area contributed by atoms with E-state index in [4.69, 9.17) is 0 Å². The number of nitrogens with zero attached hydrogens (tertiary/aromatic N) is 2. The van der Waals surface area contributed by atoms with E-state index in [1.165, 1.54) is 5.56 Å². The number of piperazine rings is 1. The maximum absolute atomic E-state index is 11.7. The molecule has 2 fully saturated rings. The largest absolute Gasteiger partial charge is 0.390 e. The van der Waals surface area contributed by atoms with Gasteiger partial charge in [-0.15, -0.1) is 0 Å². The number of hydrogen-bond donors (Lipinski definition) is 1. The van der Waals surface area contributed by atoms with E-state index in [1.807, 2.05) is 7.05 Å². The first-order chi connectivity index (χ1) is 9.06. The van der Waals surface area contributed by atoms with Gasteiger partial charge in [0.05, 0.1) is 12.1 Å². The molecule has 19 heavy (non-hydrogen) atoms. The maximum atomic E-state index is 11.7. The summed E-state index contributed by atoms with van der Waals surface area (Å²) in [4.78, 5) is 15.6. The molecule has 1 aliphatic heterocycles. The number of amides is 1. The summed E-state index contributed by atoms with van der Waals surface area (Å²) < 4.78 is 0. The first-order valence-electron chi connectivity index (χ1n) is 6.86. The van der Waals surface area contributed by atoms with Crippen molar-refractivity contribution in [2.45, 2.75) is 24.9 Å². The minimum atomic E-state index is -0.439. The van der Waals surface area contributed by atoms with Crippen molar-refractivity contribution in [3.05, 3.63) is 29.8 Å². The normalized spacial score (nSPS) is 21.7. The van der Waals surface area contributed by atoms with Crippen LogP contribution >= 0.6 is 0 Å². The maximum Gasteiger partial charge on any atom is 0.241 e. The van der Waals surface area contributed by atoms with Crippen molar-refractivity contribution in [3.8, 4) is 0 Å². The molecule has 0 bridgehead atoms. The second kappa shape index (κ2) is 4.53. The van der Waals surface area contributed by atoms with Crippen LogP contribution in [0.15, 0.2) is 24.3 Å². The van der Waals surface area contributed by atoms with E-state index in [0.717, 1.165) is 38.0 Å². The Balaban J connectivity index is 1.67. The molecule has 1 heterocycles. The predicted octanol–water partition coefficient (Wildman–Crippen LogP) is 1.03. The summed E-state index contributed by atoms with van der Waals surface area (Å²) in [6, 6.07) is 8.24. The summed E-state index contributed by atoms with van der Waals surface area (Å²) in [6.07, 6.45) is 2.58. The topological polar surface area (TPSA) is 43.8 Å². The standard InChI is InChI=1S/C15H20N2O2/c1-16-8-9-17(11-14(16)18)13-4-2-12(3-5-13)10-15(19)6-7-15/h2-5,19H,6-11H2,1H3. The van der Waals surface area contributed by atoms with Crippen molar-refractivity contribution in [2.24, 2.45) is 0 Å². The fourth-order valence-corrected chi connectivity index (χ4v) is 2.50. The molecule has 1 saturated carbocycles. The van der Waals surface area contributed by atoms with Crippen molar-refractivity contribution in [3.63, 3.8) is 0 Å². The van der Waals surface area contributed by atoms with E-state index in [1.54, 1.807) is 4.90 Å². The Kier molecular flexibility index (Phi) is 2.97. The van der Waals surface area contributed by atoms with E-state index in [2.05, 4.69) is 29.2 Å². The molecule has 1 aromatic rings. The van der Waals surface area contributed by atoms with E-state index >= 15 is 0 Å².